The number of aromatic amines is 1. The first-order chi connectivity index (χ1) is 16.9. The highest BCUT2D eigenvalue weighted by molar-refractivity contribution is 7.18. The largest absolute Gasteiger partial charge is 0.326 e. The zero-order valence-corrected chi connectivity index (χ0v) is 21.1. The topological polar surface area (TPSA) is 117 Å². The highest BCUT2D eigenvalue weighted by Gasteiger charge is 2.21. The van der Waals surface area contributed by atoms with E-state index in [0.29, 0.717) is 17.4 Å². The number of hydrogen-bond acceptors (Lipinski definition) is 7. The van der Waals surface area contributed by atoms with E-state index in [2.05, 4.69) is 25.6 Å². The number of benzene rings is 1. The molecule has 0 atom stereocenters. The third-order valence-electron chi connectivity index (χ3n) is 5.94. The van der Waals surface area contributed by atoms with E-state index in [4.69, 9.17) is 0 Å². The van der Waals surface area contributed by atoms with Gasteiger partial charge in [0.05, 0.1) is 11.1 Å². The summed E-state index contributed by atoms with van der Waals surface area (Å²) in [4.78, 5) is 50.9. The van der Waals surface area contributed by atoms with Gasteiger partial charge in [-0.15, -0.1) is 22.7 Å². The first-order valence-electron chi connectivity index (χ1n) is 11.6. The summed E-state index contributed by atoms with van der Waals surface area (Å²) < 4.78 is 0. The van der Waals surface area contributed by atoms with Crippen molar-refractivity contribution in [3.05, 3.63) is 56.3 Å². The molecule has 0 spiro atoms. The fraction of sp³-hybridized carbons (Fsp3) is 0.320. The average Bonchev–Trinajstić information content (AvgIpc) is 3.54. The Kier molecular flexibility index (Phi) is 6.48. The summed E-state index contributed by atoms with van der Waals surface area (Å²) >= 11 is 2.94. The van der Waals surface area contributed by atoms with E-state index >= 15 is 0 Å². The normalized spacial score (nSPS) is 12.8. The lowest BCUT2D eigenvalue weighted by Crippen LogP contribution is -2.17. The Morgan fingerprint density at radius 2 is 1.91 bits per heavy atom. The lowest BCUT2D eigenvalue weighted by Gasteiger charge is -2.07. The number of carbonyl (C=O) groups excluding carboxylic acids is 2. The van der Waals surface area contributed by atoms with Gasteiger partial charge in [0.1, 0.15) is 10.7 Å². The van der Waals surface area contributed by atoms with E-state index in [-0.39, 0.29) is 29.7 Å². The molecule has 3 heterocycles. The minimum absolute atomic E-state index is 0.0327. The number of thiazole rings is 1. The van der Waals surface area contributed by atoms with Crippen LogP contribution >= 0.6 is 22.7 Å². The molecule has 0 radical (unpaired) electrons. The molecule has 4 aromatic rings. The van der Waals surface area contributed by atoms with E-state index in [0.717, 1.165) is 52.0 Å². The van der Waals surface area contributed by atoms with Crippen LogP contribution in [0.1, 0.15) is 43.0 Å². The summed E-state index contributed by atoms with van der Waals surface area (Å²) in [6.07, 6.45) is 3.59. The van der Waals surface area contributed by atoms with Crippen LogP contribution in [0, 0.1) is 5.92 Å². The minimum Gasteiger partial charge on any atom is -0.326 e. The lowest BCUT2D eigenvalue weighted by atomic mass is 10.1. The van der Waals surface area contributed by atoms with Gasteiger partial charge in [-0.25, -0.2) is 9.97 Å². The van der Waals surface area contributed by atoms with Crippen molar-refractivity contribution in [3.63, 3.8) is 0 Å². The molecule has 5 rings (SSSR count). The number of fused-ring (bicyclic) bond motifs is 3. The molecule has 35 heavy (non-hydrogen) atoms. The number of aryl methyl sites for hydroxylation is 3. The predicted molar refractivity (Wildman–Crippen MR) is 140 cm³/mol. The second-order valence-corrected chi connectivity index (χ2v) is 10.8. The van der Waals surface area contributed by atoms with Gasteiger partial charge < -0.3 is 15.6 Å². The van der Waals surface area contributed by atoms with Crippen molar-refractivity contribution in [1.82, 2.24) is 15.0 Å². The van der Waals surface area contributed by atoms with Crippen LogP contribution < -0.4 is 16.2 Å². The van der Waals surface area contributed by atoms with Gasteiger partial charge in [0.2, 0.25) is 11.8 Å². The molecule has 10 heteroatoms. The molecule has 3 aromatic heterocycles. The standard InChI is InChI=1S/C25H25N5O3S2/c1-13(2)22(32)26-15-8-6-14(7-9-15)17-12-34-25(27-17)30-20(31)11-10-19-28-23(33)21-16-4-3-5-18(16)35-24(21)29-19/h6-9,12-13H,3-5,10-11H2,1-2H3,(H,26,32)(H,27,30,31)(H,28,29,33). The third-order valence-corrected chi connectivity index (χ3v) is 7.88. The number of nitrogens with zero attached hydrogens (tertiary/aromatic N) is 2. The van der Waals surface area contributed by atoms with Crippen LogP contribution in [0.5, 0.6) is 0 Å². The van der Waals surface area contributed by atoms with E-state index in [9.17, 15) is 14.4 Å². The molecule has 2 amide bonds. The molecule has 0 unspecified atom stereocenters. The molecule has 0 saturated carbocycles. The second kappa shape index (κ2) is 9.71. The average molecular weight is 508 g/mol. The Hall–Kier alpha value is -3.37. The van der Waals surface area contributed by atoms with E-state index in [1.54, 1.807) is 11.3 Å². The van der Waals surface area contributed by atoms with Crippen LogP contribution in [0.25, 0.3) is 21.5 Å². The zero-order valence-electron chi connectivity index (χ0n) is 19.4. The number of aromatic nitrogens is 3. The summed E-state index contributed by atoms with van der Waals surface area (Å²) in [5, 5.41) is 8.80. The molecule has 1 aromatic carbocycles. The summed E-state index contributed by atoms with van der Waals surface area (Å²) in [6, 6.07) is 7.44. The molecule has 8 nitrogen and oxygen atoms in total. The predicted octanol–water partition coefficient (Wildman–Crippen LogP) is 4.76. The minimum atomic E-state index is -0.186. The molecular formula is C25H25N5O3S2. The molecule has 0 aliphatic heterocycles. The number of carbonyl (C=O) groups is 2. The van der Waals surface area contributed by atoms with Crippen LogP contribution in [-0.2, 0) is 28.9 Å². The Labute approximate surface area is 209 Å². The Bertz CT molecular complexity index is 1470. The molecule has 1 aliphatic rings. The van der Waals surface area contributed by atoms with E-state index in [1.165, 1.54) is 16.2 Å². The maximum atomic E-state index is 12.6. The van der Waals surface area contributed by atoms with Gasteiger partial charge in [-0.05, 0) is 37.0 Å². The van der Waals surface area contributed by atoms with Gasteiger partial charge >= 0.3 is 0 Å². The summed E-state index contributed by atoms with van der Waals surface area (Å²) in [5.74, 6) is 0.223. The molecule has 0 bridgehead atoms. The van der Waals surface area contributed by atoms with Crippen LogP contribution in [0.4, 0.5) is 10.8 Å². The molecule has 0 saturated heterocycles. The van der Waals surface area contributed by atoms with E-state index in [1.807, 2.05) is 43.5 Å². The van der Waals surface area contributed by atoms with Crippen molar-refractivity contribution >= 4 is 55.5 Å². The zero-order chi connectivity index (χ0) is 24.5. The highest BCUT2D eigenvalue weighted by Crippen LogP contribution is 2.34. The molecule has 1 aliphatic carbocycles. The third kappa shape index (κ3) is 5.03. The number of rotatable bonds is 7. The molecule has 0 fully saturated rings. The van der Waals surface area contributed by atoms with Crippen LogP contribution in [0.2, 0.25) is 0 Å². The fourth-order valence-corrected chi connectivity index (χ4v) is 6.07. The van der Waals surface area contributed by atoms with Crippen molar-refractivity contribution in [3.8, 4) is 11.3 Å². The van der Waals surface area contributed by atoms with Crippen molar-refractivity contribution in [2.75, 3.05) is 10.6 Å². The van der Waals surface area contributed by atoms with Gasteiger partial charge in [0.15, 0.2) is 5.13 Å². The number of nitrogens with one attached hydrogen (secondary N) is 3. The van der Waals surface area contributed by atoms with E-state index < -0.39 is 0 Å². The fourth-order valence-electron chi connectivity index (χ4n) is 4.05. The summed E-state index contributed by atoms with van der Waals surface area (Å²) in [5.41, 5.74) is 3.41. The maximum absolute atomic E-state index is 12.6. The smallest absolute Gasteiger partial charge is 0.259 e. The number of amides is 2. The first-order valence-corrected chi connectivity index (χ1v) is 13.3. The Morgan fingerprint density at radius 3 is 2.69 bits per heavy atom. The monoisotopic (exact) mass is 507 g/mol. The number of thiophene rings is 1. The van der Waals surface area contributed by atoms with Gasteiger partial charge in [-0.3, -0.25) is 14.4 Å². The van der Waals surface area contributed by atoms with Crippen molar-refractivity contribution in [2.24, 2.45) is 5.92 Å². The number of hydrogen-bond donors (Lipinski definition) is 3. The number of H-pyrrole nitrogens is 1. The van der Waals surface area contributed by atoms with Crippen molar-refractivity contribution < 1.29 is 9.59 Å². The quantitative estimate of drug-likeness (QED) is 0.333. The van der Waals surface area contributed by atoms with Crippen molar-refractivity contribution in [2.45, 2.75) is 46.0 Å². The highest BCUT2D eigenvalue weighted by atomic mass is 32.1. The van der Waals surface area contributed by atoms with Crippen LogP contribution in [-0.4, -0.2) is 26.8 Å². The summed E-state index contributed by atoms with van der Waals surface area (Å²) in [7, 11) is 0. The molecule has 3 N–H and O–H groups in total. The Balaban J connectivity index is 1.19. The van der Waals surface area contributed by atoms with Gasteiger partial charge in [-0.1, -0.05) is 26.0 Å². The number of anilines is 2. The Morgan fingerprint density at radius 1 is 1.11 bits per heavy atom. The van der Waals surface area contributed by atoms with Gasteiger partial charge in [-0.2, -0.15) is 0 Å². The lowest BCUT2D eigenvalue weighted by molar-refractivity contribution is -0.119. The molecular weight excluding hydrogens is 482 g/mol. The molecule has 180 valence electrons. The summed E-state index contributed by atoms with van der Waals surface area (Å²) in [6.45, 7) is 3.69. The van der Waals surface area contributed by atoms with Crippen LogP contribution in [0.15, 0.2) is 34.4 Å². The van der Waals surface area contributed by atoms with Gasteiger partial charge in [0, 0.05) is 40.3 Å². The SMILES string of the molecule is CC(C)C(=O)Nc1ccc(-c2csc(NC(=O)CCc3nc4sc5c(c4c(=O)[nH]3)CCC5)n2)cc1. The first kappa shape index (κ1) is 23.4. The van der Waals surface area contributed by atoms with Crippen molar-refractivity contribution in [1.29, 1.82) is 0 Å². The second-order valence-electron chi connectivity index (χ2n) is 8.86. The van der Waals surface area contributed by atoms with Crippen LogP contribution in [0.3, 0.4) is 0 Å². The maximum Gasteiger partial charge on any atom is 0.259 e. The van der Waals surface area contributed by atoms with Gasteiger partial charge in [0.25, 0.3) is 5.56 Å².